The second-order valence-electron chi connectivity index (χ2n) is 5.70. The molecule has 1 amide bonds. The maximum absolute atomic E-state index is 12.0. The van der Waals surface area contributed by atoms with Crippen LogP contribution < -0.4 is 11.1 Å². The Morgan fingerprint density at radius 2 is 2.21 bits per heavy atom. The maximum Gasteiger partial charge on any atom is 0.239 e. The Morgan fingerprint density at radius 1 is 1.46 bits per heavy atom. The van der Waals surface area contributed by atoms with E-state index in [1.165, 1.54) is 0 Å². The van der Waals surface area contributed by atoms with Crippen molar-refractivity contribution in [1.29, 1.82) is 0 Å². The van der Waals surface area contributed by atoms with Crippen LogP contribution >= 0.6 is 24.0 Å². The number of amides is 1. The molecule has 0 saturated heterocycles. The van der Waals surface area contributed by atoms with E-state index in [-0.39, 0.29) is 18.3 Å². The summed E-state index contributed by atoms with van der Waals surface area (Å²) >= 11 is 5.94. The topological polar surface area (TPSA) is 94.0 Å². The molecule has 1 unspecified atom stereocenters. The van der Waals surface area contributed by atoms with Crippen LogP contribution in [0.15, 0.2) is 28.8 Å². The number of aromatic nitrogens is 2. The molecule has 2 aromatic rings. The summed E-state index contributed by atoms with van der Waals surface area (Å²) in [7, 11) is 0. The molecule has 1 heterocycles. The van der Waals surface area contributed by atoms with Crippen LogP contribution in [0.4, 0.5) is 0 Å². The molecule has 1 aromatic heterocycles. The van der Waals surface area contributed by atoms with Crippen LogP contribution in [0.5, 0.6) is 0 Å². The number of hydrogen-bond acceptors (Lipinski definition) is 5. The van der Waals surface area contributed by atoms with Gasteiger partial charge in [-0.05, 0) is 25.5 Å². The number of rotatable bonds is 7. The van der Waals surface area contributed by atoms with E-state index in [0.717, 1.165) is 12.0 Å². The van der Waals surface area contributed by atoms with E-state index in [4.69, 9.17) is 21.9 Å². The Kier molecular flexibility index (Phi) is 7.66. The van der Waals surface area contributed by atoms with Crippen molar-refractivity contribution in [2.75, 3.05) is 6.54 Å². The van der Waals surface area contributed by atoms with Gasteiger partial charge in [0.15, 0.2) is 0 Å². The van der Waals surface area contributed by atoms with Gasteiger partial charge in [0.25, 0.3) is 0 Å². The summed E-state index contributed by atoms with van der Waals surface area (Å²) in [6.45, 7) is 4.12. The molecule has 0 fully saturated rings. The summed E-state index contributed by atoms with van der Waals surface area (Å²) in [5.41, 5.74) is 5.90. The van der Waals surface area contributed by atoms with E-state index in [1.807, 2.05) is 19.1 Å². The SMILES string of the molecule is CCCC(C)(N)C(=O)NCCc1nc(-c2cccc(Cl)c2)no1.Cl. The Labute approximate surface area is 152 Å². The standard InChI is InChI=1S/C16H21ClN4O2.ClH/c1-3-8-16(2,18)15(22)19-9-7-13-20-14(21-23-13)11-5-4-6-12(17)10-11;/h4-6,10H,3,7-9,18H2,1-2H3,(H,19,22);1H. The van der Waals surface area contributed by atoms with E-state index in [2.05, 4.69) is 15.5 Å². The van der Waals surface area contributed by atoms with Gasteiger partial charge in [-0.2, -0.15) is 4.98 Å². The van der Waals surface area contributed by atoms with Gasteiger partial charge in [0.05, 0.1) is 5.54 Å². The van der Waals surface area contributed by atoms with Crippen molar-refractivity contribution < 1.29 is 9.32 Å². The molecule has 0 aliphatic heterocycles. The average Bonchev–Trinajstić information content (AvgIpc) is 2.96. The summed E-state index contributed by atoms with van der Waals surface area (Å²) in [5, 5.41) is 7.33. The quantitative estimate of drug-likeness (QED) is 0.778. The zero-order valence-corrected chi connectivity index (χ0v) is 15.3. The number of carbonyl (C=O) groups excluding carboxylic acids is 1. The highest BCUT2D eigenvalue weighted by molar-refractivity contribution is 6.30. The second kappa shape index (κ2) is 9.01. The van der Waals surface area contributed by atoms with E-state index < -0.39 is 5.54 Å². The number of nitrogens with zero attached hydrogens (tertiary/aromatic N) is 2. The molecule has 132 valence electrons. The smallest absolute Gasteiger partial charge is 0.239 e. The van der Waals surface area contributed by atoms with Gasteiger partial charge in [0, 0.05) is 23.6 Å². The van der Waals surface area contributed by atoms with Crippen LogP contribution in [0.25, 0.3) is 11.4 Å². The Balaban J connectivity index is 0.00000288. The molecule has 3 N–H and O–H groups in total. The Hall–Kier alpha value is -1.63. The number of hydrogen-bond donors (Lipinski definition) is 2. The normalized spacial score (nSPS) is 13.0. The van der Waals surface area contributed by atoms with E-state index in [9.17, 15) is 4.79 Å². The molecule has 0 aliphatic carbocycles. The third-order valence-corrected chi connectivity index (χ3v) is 3.70. The minimum Gasteiger partial charge on any atom is -0.354 e. The van der Waals surface area contributed by atoms with Crippen LogP contribution in [-0.2, 0) is 11.2 Å². The predicted molar refractivity (Wildman–Crippen MR) is 96.2 cm³/mol. The zero-order valence-electron chi connectivity index (χ0n) is 13.7. The van der Waals surface area contributed by atoms with E-state index >= 15 is 0 Å². The first-order valence-corrected chi connectivity index (χ1v) is 7.96. The van der Waals surface area contributed by atoms with Gasteiger partial charge in [-0.1, -0.05) is 42.2 Å². The number of benzene rings is 1. The van der Waals surface area contributed by atoms with Crippen molar-refractivity contribution in [2.24, 2.45) is 5.73 Å². The highest BCUT2D eigenvalue weighted by atomic mass is 35.5. The molecule has 0 radical (unpaired) electrons. The van der Waals surface area contributed by atoms with Gasteiger partial charge < -0.3 is 15.6 Å². The van der Waals surface area contributed by atoms with Gasteiger partial charge in [-0.15, -0.1) is 12.4 Å². The molecule has 8 heteroatoms. The summed E-state index contributed by atoms with van der Waals surface area (Å²) in [5.74, 6) is 0.756. The van der Waals surface area contributed by atoms with Crippen molar-refractivity contribution in [1.82, 2.24) is 15.5 Å². The number of nitrogens with one attached hydrogen (secondary N) is 1. The molecule has 24 heavy (non-hydrogen) atoms. The third-order valence-electron chi connectivity index (χ3n) is 3.46. The Morgan fingerprint density at radius 3 is 2.88 bits per heavy atom. The van der Waals surface area contributed by atoms with Gasteiger partial charge in [-0.3, -0.25) is 4.79 Å². The first-order valence-electron chi connectivity index (χ1n) is 7.58. The molecular weight excluding hydrogens is 351 g/mol. The van der Waals surface area contributed by atoms with Gasteiger partial charge in [0.2, 0.25) is 17.6 Å². The highest BCUT2D eigenvalue weighted by Gasteiger charge is 2.26. The zero-order chi connectivity index (χ0) is 16.9. The van der Waals surface area contributed by atoms with Crippen LogP contribution in [0.3, 0.4) is 0 Å². The molecule has 0 spiro atoms. The van der Waals surface area contributed by atoms with Gasteiger partial charge in [0.1, 0.15) is 0 Å². The summed E-state index contributed by atoms with van der Waals surface area (Å²) in [6.07, 6.45) is 1.94. The summed E-state index contributed by atoms with van der Waals surface area (Å²) in [4.78, 5) is 16.3. The van der Waals surface area contributed by atoms with Gasteiger partial charge in [-0.25, -0.2) is 0 Å². The van der Waals surface area contributed by atoms with Crippen molar-refractivity contribution >= 4 is 29.9 Å². The van der Waals surface area contributed by atoms with E-state index in [0.29, 0.717) is 36.1 Å². The lowest BCUT2D eigenvalue weighted by Crippen LogP contribution is -2.51. The van der Waals surface area contributed by atoms with Crippen LogP contribution in [0.1, 0.15) is 32.6 Å². The molecule has 1 atom stereocenters. The van der Waals surface area contributed by atoms with Crippen LogP contribution in [-0.4, -0.2) is 28.1 Å². The summed E-state index contributed by atoms with van der Waals surface area (Å²) < 4.78 is 5.19. The van der Waals surface area contributed by atoms with E-state index in [1.54, 1.807) is 19.1 Å². The monoisotopic (exact) mass is 372 g/mol. The summed E-state index contributed by atoms with van der Waals surface area (Å²) in [6, 6.07) is 7.22. The van der Waals surface area contributed by atoms with Crippen molar-refractivity contribution in [3.63, 3.8) is 0 Å². The molecule has 0 bridgehead atoms. The van der Waals surface area contributed by atoms with Crippen molar-refractivity contribution in [3.05, 3.63) is 35.2 Å². The number of halogens is 2. The van der Waals surface area contributed by atoms with Gasteiger partial charge >= 0.3 is 0 Å². The third kappa shape index (κ3) is 5.47. The number of carbonyl (C=O) groups is 1. The van der Waals surface area contributed by atoms with Crippen molar-refractivity contribution in [2.45, 2.75) is 38.6 Å². The fraction of sp³-hybridized carbons (Fsp3) is 0.438. The molecule has 6 nitrogen and oxygen atoms in total. The molecule has 0 saturated carbocycles. The van der Waals surface area contributed by atoms with Crippen molar-refractivity contribution in [3.8, 4) is 11.4 Å². The maximum atomic E-state index is 12.0. The fourth-order valence-corrected chi connectivity index (χ4v) is 2.41. The first-order chi connectivity index (χ1) is 10.9. The lowest BCUT2D eigenvalue weighted by molar-refractivity contribution is -0.126. The van der Waals surface area contributed by atoms with Crippen LogP contribution in [0, 0.1) is 0 Å². The minimum absolute atomic E-state index is 0. The largest absolute Gasteiger partial charge is 0.354 e. The fourth-order valence-electron chi connectivity index (χ4n) is 2.22. The molecule has 2 rings (SSSR count). The lowest BCUT2D eigenvalue weighted by Gasteiger charge is -2.22. The number of nitrogens with two attached hydrogens (primary N) is 1. The molecule has 0 aliphatic rings. The van der Waals surface area contributed by atoms with Crippen LogP contribution in [0.2, 0.25) is 5.02 Å². The predicted octanol–water partition coefficient (Wildman–Crippen LogP) is 2.99. The minimum atomic E-state index is -0.852. The second-order valence-corrected chi connectivity index (χ2v) is 6.13. The Bertz CT molecular complexity index is 674. The first kappa shape index (κ1) is 20.4. The highest BCUT2D eigenvalue weighted by Crippen LogP contribution is 2.19. The molecular formula is C16H22Cl2N4O2. The lowest BCUT2D eigenvalue weighted by atomic mass is 9.96. The average molecular weight is 373 g/mol. The molecule has 1 aromatic carbocycles.